The van der Waals surface area contributed by atoms with Crippen molar-refractivity contribution in [2.75, 3.05) is 7.11 Å². The second-order valence-electron chi connectivity index (χ2n) is 4.48. The molecule has 1 aliphatic rings. The predicted octanol–water partition coefficient (Wildman–Crippen LogP) is 2.09. The first-order valence-corrected chi connectivity index (χ1v) is 7.15. The standard InChI is InChI=1S/C14H12N2O4S/c1-19-13(17)9-5-3-2-4-8(9)12-6-10(16-20-12)11-7-21-14(18)15-11/h2-5,7,12H,6H2,1H3,(H,15,18). The summed E-state index contributed by atoms with van der Waals surface area (Å²) in [7, 11) is 1.34. The molecular formula is C14H12N2O4S. The van der Waals surface area contributed by atoms with Gasteiger partial charge in [-0.15, -0.1) is 0 Å². The van der Waals surface area contributed by atoms with Crippen LogP contribution < -0.4 is 4.87 Å². The van der Waals surface area contributed by atoms with Crippen molar-refractivity contribution >= 4 is 23.0 Å². The van der Waals surface area contributed by atoms with Gasteiger partial charge in [-0.05, 0) is 6.07 Å². The summed E-state index contributed by atoms with van der Waals surface area (Å²) in [6.45, 7) is 0. The predicted molar refractivity (Wildman–Crippen MR) is 77.7 cm³/mol. The van der Waals surface area contributed by atoms with Gasteiger partial charge in [0.1, 0.15) is 5.71 Å². The molecule has 0 fully saturated rings. The van der Waals surface area contributed by atoms with Crippen molar-refractivity contribution in [3.8, 4) is 0 Å². The lowest BCUT2D eigenvalue weighted by atomic mass is 9.98. The Bertz CT molecular complexity index is 762. The zero-order valence-electron chi connectivity index (χ0n) is 11.2. The van der Waals surface area contributed by atoms with Gasteiger partial charge in [-0.1, -0.05) is 34.7 Å². The van der Waals surface area contributed by atoms with Gasteiger partial charge < -0.3 is 14.6 Å². The lowest BCUT2D eigenvalue weighted by Gasteiger charge is -2.12. The van der Waals surface area contributed by atoms with Crippen molar-refractivity contribution < 1.29 is 14.4 Å². The minimum Gasteiger partial charge on any atom is -0.465 e. The molecule has 0 spiro atoms. The first kappa shape index (κ1) is 13.6. The maximum Gasteiger partial charge on any atom is 0.338 e. The van der Waals surface area contributed by atoms with Gasteiger partial charge in [0.25, 0.3) is 0 Å². The number of hydrogen-bond acceptors (Lipinski definition) is 6. The molecule has 0 aliphatic carbocycles. The van der Waals surface area contributed by atoms with E-state index in [1.165, 1.54) is 7.11 Å². The number of aromatic nitrogens is 1. The van der Waals surface area contributed by atoms with Crippen LogP contribution in [0.5, 0.6) is 0 Å². The molecule has 21 heavy (non-hydrogen) atoms. The molecule has 0 amide bonds. The van der Waals surface area contributed by atoms with Crippen LogP contribution in [0, 0.1) is 0 Å². The summed E-state index contributed by atoms with van der Waals surface area (Å²) < 4.78 is 4.77. The highest BCUT2D eigenvalue weighted by atomic mass is 32.1. The van der Waals surface area contributed by atoms with Crippen molar-refractivity contribution in [2.45, 2.75) is 12.5 Å². The van der Waals surface area contributed by atoms with E-state index < -0.39 is 5.97 Å². The van der Waals surface area contributed by atoms with E-state index in [1.54, 1.807) is 17.5 Å². The molecule has 1 N–H and O–H groups in total. The fraction of sp³-hybridized carbons (Fsp3) is 0.214. The lowest BCUT2D eigenvalue weighted by Crippen LogP contribution is -2.10. The highest BCUT2D eigenvalue weighted by Gasteiger charge is 2.28. The molecule has 0 bridgehead atoms. The fourth-order valence-electron chi connectivity index (χ4n) is 2.20. The van der Waals surface area contributed by atoms with E-state index in [0.29, 0.717) is 23.4 Å². The number of oxime groups is 1. The van der Waals surface area contributed by atoms with Crippen molar-refractivity contribution in [3.63, 3.8) is 0 Å². The van der Waals surface area contributed by atoms with Gasteiger partial charge in [0.15, 0.2) is 6.10 Å². The highest BCUT2D eigenvalue weighted by Crippen LogP contribution is 2.31. The number of methoxy groups -OCH3 is 1. The molecule has 1 atom stereocenters. The van der Waals surface area contributed by atoms with Crippen LogP contribution in [0.2, 0.25) is 0 Å². The Balaban J connectivity index is 1.85. The van der Waals surface area contributed by atoms with Crippen molar-refractivity contribution in [1.82, 2.24) is 4.98 Å². The molecule has 7 heteroatoms. The number of hydrogen-bond donors (Lipinski definition) is 1. The zero-order valence-corrected chi connectivity index (χ0v) is 12.0. The molecule has 1 unspecified atom stereocenters. The third-order valence-corrected chi connectivity index (χ3v) is 3.88. The van der Waals surface area contributed by atoms with Crippen LogP contribution in [-0.4, -0.2) is 23.8 Å². The molecule has 1 aliphatic heterocycles. The number of carbonyl (C=O) groups excluding carboxylic acids is 1. The number of benzene rings is 1. The number of nitrogens with zero attached hydrogens (tertiary/aromatic N) is 1. The molecule has 1 aromatic carbocycles. The van der Waals surface area contributed by atoms with Crippen LogP contribution in [0.4, 0.5) is 0 Å². The summed E-state index contributed by atoms with van der Waals surface area (Å²) in [6.07, 6.45) is 0.124. The molecule has 1 aromatic heterocycles. The average Bonchev–Trinajstić information content (AvgIpc) is 3.15. The Kier molecular flexibility index (Phi) is 3.57. The van der Waals surface area contributed by atoms with Crippen LogP contribution in [0.15, 0.2) is 39.6 Å². The molecular weight excluding hydrogens is 292 g/mol. The summed E-state index contributed by atoms with van der Waals surface area (Å²) in [4.78, 5) is 31.0. The van der Waals surface area contributed by atoms with Gasteiger partial charge in [-0.3, -0.25) is 4.79 Å². The SMILES string of the molecule is COC(=O)c1ccccc1C1CC(c2csc(=O)[nH]2)=NO1. The molecule has 0 saturated heterocycles. The number of nitrogens with one attached hydrogen (secondary N) is 1. The molecule has 2 aromatic rings. The Labute approximate surface area is 124 Å². The van der Waals surface area contributed by atoms with Crippen LogP contribution in [0.1, 0.15) is 34.1 Å². The number of thiazole rings is 1. The quantitative estimate of drug-likeness (QED) is 0.880. The van der Waals surface area contributed by atoms with Crippen molar-refractivity contribution in [2.24, 2.45) is 5.16 Å². The number of carbonyl (C=O) groups is 1. The Morgan fingerprint density at radius 2 is 2.29 bits per heavy atom. The van der Waals surface area contributed by atoms with Gasteiger partial charge in [-0.25, -0.2) is 4.79 Å². The van der Waals surface area contributed by atoms with Crippen molar-refractivity contribution in [3.05, 3.63) is 56.1 Å². The topological polar surface area (TPSA) is 80.8 Å². The van der Waals surface area contributed by atoms with Crippen LogP contribution in [0.3, 0.4) is 0 Å². The Hall–Kier alpha value is -2.41. The number of aromatic amines is 1. The summed E-state index contributed by atoms with van der Waals surface area (Å²) in [5, 5.41) is 5.71. The van der Waals surface area contributed by atoms with Crippen LogP contribution in [0.25, 0.3) is 0 Å². The van der Waals surface area contributed by atoms with E-state index in [0.717, 1.165) is 16.9 Å². The molecule has 3 rings (SSSR count). The molecule has 2 heterocycles. The minimum atomic E-state index is -0.411. The van der Waals surface area contributed by atoms with E-state index in [-0.39, 0.29) is 11.0 Å². The van der Waals surface area contributed by atoms with Crippen LogP contribution in [-0.2, 0) is 9.57 Å². The smallest absolute Gasteiger partial charge is 0.338 e. The Morgan fingerprint density at radius 1 is 1.48 bits per heavy atom. The van der Waals surface area contributed by atoms with E-state index in [4.69, 9.17) is 9.57 Å². The molecule has 108 valence electrons. The molecule has 0 radical (unpaired) electrons. The first-order valence-electron chi connectivity index (χ1n) is 6.27. The van der Waals surface area contributed by atoms with Crippen LogP contribution >= 0.6 is 11.3 Å². The minimum absolute atomic E-state index is 0.133. The lowest BCUT2D eigenvalue weighted by molar-refractivity contribution is 0.0577. The number of esters is 1. The van der Waals surface area contributed by atoms with E-state index in [1.807, 2.05) is 12.1 Å². The monoisotopic (exact) mass is 304 g/mol. The van der Waals surface area contributed by atoms with E-state index in [2.05, 4.69) is 10.1 Å². The Morgan fingerprint density at radius 3 is 3.00 bits per heavy atom. The third kappa shape index (κ3) is 2.59. The molecule has 0 saturated carbocycles. The summed E-state index contributed by atoms with van der Waals surface area (Å²) in [5.41, 5.74) is 2.50. The number of H-pyrrole nitrogens is 1. The maximum absolute atomic E-state index is 11.8. The normalized spacial score (nSPS) is 17.2. The number of ether oxygens (including phenoxy) is 1. The van der Waals surface area contributed by atoms with E-state index >= 15 is 0 Å². The summed E-state index contributed by atoms with van der Waals surface area (Å²) in [6, 6.07) is 7.10. The molecule has 6 nitrogen and oxygen atoms in total. The zero-order chi connectivity index (χ0) is 14.8. The maximum atomic E-state index is 11.8. The second kappa shape index (κ2) is 5.53. The van der Waals surface area contributed by atoms with Gasteiger partial charge in [0, 0.05) is 17.4 Å². The summed E-state index contributed by atoms with van der Waals surface area (Å²) >= 11 is 1.08. The second-order valence-corrected chi connectivity index (χ2v) is 5.32. The highest BCUT2D eigenvalue weighted by molar-refractivity contribution is 7.07. The first-order chi connectivity index (χ1) is 10.2. The third-order valence-electron chi connectivity index (χ3n) is 3.21. The largest absolute Gasteiger partial charge is 0.465 e. The van der Waals surface area contributed by atoms with Gasteiger partial charge in [0.05, 0.1) is 18.4 Å². The fourth-order valence-corrected chi connectivity index (χ4v) is 2.79. The van der Waals surface area contributed by atoms with E-state index in [9.17, 15) is 9.59 Å². The van der Waals surface area contributed by atoms with Gasteiger partial charge >= 0.3 is 10.8 Å². The van der Waals surface area contributed by atoms with Crippen molar-refractivity contribution in [1.29, 1.82) is 0 Å². The number of rotatable bonds is 3. The summed E-state index contributed by atoms with van der Waals surface area (Å²) in [5.74, 6) is -0.411. The average molecular weight is 304 g/mol. The van der Waals surface area contributed by atoms with Gasteiger partial charge in [0.2, 0.25) is 0 Å². The van der Waals surface area contributed by atoms with Gasteiger partial charge in [-0.2, -0.15) is 0 Å².